The molecule has 1 amide bonds. The summed E-state index contributed by atoms with van der Waals surface area (Å²) in [6.07, 6.45) is 1.44. The summed E-state index contributed by atoms with van der Waals surface area (Å²) in [5, 5.41) is 2.62. The van der Waals surface area contributed by atoms with Crippen molar-refractivity contribution in [1.82, 2.24) is 9.97 Å². The molecule has 2 heterocycles. The molecular formula is C17H15N4O4S-. The van der Waals surface area contributed by atoms with Crippen LogP contribution in [0, 0.1) is 13.8 Å². The molecule has 2 aromatic heterocycles. The molecule has 0 spiro atoms. The van der Waals surface area contributed by atoms with Gasteiger partial charge in [0.1, 0.15) is 5.76 Å². The molecule has 0 aliphatic rings. The zero-order chi connectivity index (χ0) is 18.7. The Morgan fingerprint density at radius 1 is 1.08 bits per heavy atom. The molecule has 3 aromatic rings. The van der Waals surface area contributed by atoms with E-state index in [1.807, 2.05) is 0 Å². The summed E-state index contributed by atoms with van der Waals surface area (Å²) >= 11 is 0. The highest BCUT2D eigenvalue weighted by Crippen LogP contribution is 2.25. The fourth-order valence-electron chi connectivity index (χ4n) is 2.10. The minimum Gasteiger partial charge on any atom is -0.456 e. The predicted molar refractivity (Wildman–Crippen MR) is 94.8 cm³/mol. The lowest BCUT2D eigenvalue weighted by molar-refractivity contribution is 0.0995. The highest BCUT2D eigenvalue weighted by Gasteiger charge is 2.14. The Balaban J connectivity index is 1.73. The number of nitrogens with one attached hydrogen (secondary N) is 1. The van der Waals surface area contributed by atoms with Gasteiger partial charge in [-0.3, -0.25) is 9.52 Å². The molecule has 9 heteroatoms. The molecule has 0 saturated heterocycles. The average Bonchev–Trinajstić information content (AvgIpc) is 3.01. The predicted octanol–water partition coefficient (Wildman–Crippen LogP) is 3.33. The van der Waals surface area contributed by atoms with Gasteiger partial charge in [0.05, 0.1) is 4.90 Å². The van der Waals surface area contributed by atoms with Gasteiger partial charge in [-0.15, -0.1) is 0 Å². The summed E-state index contributed by atoms with van der Waals surface area (Å²) in [4.78, 5) is 19.8. The third-order valence-electron chi connectivity index (χ3n) is 3.36. The standard InChI is InChI=1S/C17H16N4O4S/c1-11-9-10-18-17(19-11)21-26(23,24)14-6-4-13(5-7-14)20-16(22)15-8-3-12(2)25-15/h3-10H,1-2H3,(H2,18,19,20,21,22)/p-1. The lowest BCUT2D eigenvalue weighted by Crippen LogP contribution is -2.11. The second-order valence-electron chi connectivity index (χ2n) is 5.45. The first-order valence-electron chi connectivity index (χ1n) is 7.59. The van der Waals surface area contributed by atoms with Crippen LogP contribution in [0.15, 0.2) is 58.0 Å². The van der Waals surface area contributed by atoms with Gasteiger partial charge < -0.3 is 19.7 Å². The number of aromatic nitrogens is 2. The number of rotatable bonds is 5. The van der Waals surface area contributed by atoms with Crippen LogP contribution in [0.25, 0.3) is 4.72 Å². The van der Waals surface area contributed by atoms with Crippen LogP contribution in [0.1, 0.15) is 22.0 Å². The molecule has 0 unspecified atom stereocenters. The molecule has 1 aromatic carbocycles. The summed E-state index contributed by atoms with van der Waals surface area (Å²) in [6, 6.07) is 10.5. The smallest absolute Gasteiger partial charge is 0.291 e. The number of hydrogen-bond acceptors (Lipinski definition) is 6. The summed E-state index contributed by atoms with van der Waals surface area (Å²) in [7, 11) is -3.96. The number of benzene rings is 1. The SMILES string of the molecule is Cc1ccnc([N-]S(=O)(=O)c2ccc(NC(=O)c3ccc(C)o3)cc2)n1. The van der Waals surface area contributed by atoms with Gasteiger partial charge in [0, 0.05) is 11.6 Å². The monoisotopic (exact) mass is 371 g/mol. The third-order valence-corrected chi connectivity index (χ3v) is 4.63. The van der Waals surface area contributed by atoms with Crippen molar-refractivity contribution in [3.05, 3.63) is 70.6 Å². The second kappa shape index (κ2) is 6.96. The second-order valence-corrected chi connectivity index (χ2v) is 7.06. The van der Waals surface area contributed by atoms with E-state index in [9.17, 15) is 13.2 Å². The number of carbonyl (C=O) groups excluding carboxylic acids is 1. The van der Waals surface area contributed by atoms with Crippen LogP contribution in [0.4, 0.5) is 11.6 Å². The number of furan rings is 1. The van der Waals surface area contributed by atoms with Crippen molar-refractivity contribution in [3.8, 4) is 0 Å². The van der Waals surface area contributed by atoms with Crippen molar-refractivity contribution in [2.45, 2.75) is 18.7 Å². The first-order valence-corrected chi connectivity index (χ1v) is 9.03. The number of sulfonamides is 1. The molecule has 3 rings (SSSR count). The van der Waals surface area contributed by atoms with Crippen molar-refractivity contribution in [2.75, 3.05) is 5.32 Å². The summed E-state index contributed by atoms with van der Waals surface area (Å²) < 4.78 is 33.5. The van der Waals surface area contributed by atoms with Crippen LogP contribution in [-0.4, -0.2) is 24.3 Å². The minimum atomic E-state index is -3.96. The Labute approximate surface area is 150 Å². The Morgan fingerprint density at radius 2 is 1.81 bits per heavy atom. The van der Waals surface area contributed by atoms with Crippen molar-refractivity contribution in [2.24, 2.45) is 0 Å². The van der Waals surface area contributed by atoms with E-state index in [4.69, 9.17) is 4.42 Å². The largest absolute Gasteiger partial charge is 0.456 e. The topological polar surface area (TPSA) is 116 Å². The molecule has 0 saturated carbocycles. The van der Waals surface area contributed by atoms with Crippen LogP contribution in [0.2, 0.25) is 0 Å². The third kappa shape index (κ3) is 4.06. The van der Waals surface area contributed by atoms with E-state index in [0.29, 0.717) is 17.1 Å². The number of anilines is 1. The van der Waals surface area contributed by atoms with Crippen molar-refractivity contribution in [1.29, 1.82) is 0 Å². The lowest BCUT2D eigenvalue weighted by Gasteiger charge is -2.13. The fraction of sp³-hybridized carbons (Fsp3) is 0.118. The molecule has 0 aliphatic carbocycles. The van der Waals surface area contributed by atoms with Gasteiger partial charge in [0.15, 0.2) is 5.76 Å². The van der Waals surface area contributed by atoms with E-state index in [1.54, 1.807) is 32.0 Å². The van der Waals surface area contributed by atoms with Gasteiger partial charge in [0.2, 0.25) is 10.0 Å². The fourth-order valence-corrected chi connectivity index (χ4v) is 2.99. The van der Waals surface area contributed by atoms with E-state index in [1.165, 1.54) is 30.5 Å². The highest BCUT2D eigenvalue weighted by atomic mass is 32.2. The van der Waals surface area contributed by atoms with Gasteiger partial charge >= 0.3 is 0 Å². The number of nitrogens with zero attached hydrogens (tertiary/aromatic N) is 3. The summed E-state index contributed by atoms with van der Waals surface area (Å²) in [6.45, 7) is 3.45. The Kier molecular flexibility index (Phi) is 4.72. The number of amides is 1. The van der Waals surface area contributed by atoms with E-state index < -0.39 is 15.9 Å². The number of hydrogen-bond donors (Lipinski definition) is 1. The van der Waals surface area contributed by atoms with Crippen LogP contribution in [0.3, 0.4) is 0 Å². The first kappa shape index (κ1) is 17.6. The van der Waals surface area contributed by atoms with E-state index in [-0.39, 0.29) is 16.6 Å². The lowest BCUT2D eigenvalue weighted by atomic mass is 10.3. The molecule has 26 heavy (non-hydrogen) atoms. The van der Waals surface area contributed by atoms with Crippen molar-refractivity contribution >= 4 is 27.6 Å². The normalized spacial score (nSPS) is 11.2. The molecule has 0 radical (unpaired) electrons. The van der Waals surface area contributed by atoms with Crippen molar-refractivity contribution in [3.63, 3.8) is 0 Å². The Morgan fingerprint density at radius 3 is 2.42 bits per heavy atom. The Bertz CT molecular complexity index is 1040. The quantitative estimate of drug-likeness (QED) is 0.735. The number of carbonyl (C=O) groups is 1. The maximum Gasteiger partial charge on any atom is 0.291 e. The van der Waals surface area contributed by atoms with Crippen LogP contribution < -0.4 is 5.32 Å². The molecule has 134 valence electrons. The summed E-state index contributed by atoms with van der Waals surface area (Å²) in [5.41, 5.74) is 1.04. The van der Waals surface area contributed by atoms with Gasteiger partial charge in [-0.25, -0.2) is 8.42 Å². The zero-order valence-corrected chi connectivity index (χ0v) is 14.8. The molecule has 0 bridgehead atoms. The minimum absolute atomic E-state index is 0.0329. The molecule has 0 fully saturated rings. The van der Waals surface area contributed by atoms with Crippen LogP contribution in [-0.2, 0) is 10.0 Å². The van der Waals surface area contributed by atoms with Crippen LogP contribution >= 0.6 is 0 Å². The Hall–Kier alpha value is -3.20. The zero-order valence-electron chi connectivity index (χ0n) is 14.0. The first-order chi connectivity index (χ1) is 12.3. The maximum absolute atomic E-state index is 12.3. The van der Waals surface area contributed by atoms with Gasteiger partial charge in [0.25, 0.3) is 5.91 Å². The molecular weight excluding hydrogens is 356 g/mol. The number of aryl methyl sites for hydroxylation is 2. The average molecular weight is 371 g/mol. The van der Waals surface area contributed by atoms with Gasteiger partial charge in [-0.05, 0) is 62.1 Å². The van der Waals surface area contributed by atoms with E-state index in [0.717, 1.165) is 0 Å². The van der Waals surface area contributed by atoms with Crippen LogP contribution in [0.5, 0.6) is 0 Å². The summed E-state index contributed by atoms with van der Waals surface area (Å²) in [5.74, 6) is 0.240. The van der Waals surface area contributed by atoms with Crippen molar-refractivity contribution < 1.29 is 17.6 Å². The van der Waals surface area contributed by atoms with Gasteiger partial charge in [-0.1, -0.05) is 6.07 Å². The highest BCUT2D eigenvalue weighted by molar-refractivity contribution is 7.94. The molecule has 8 nitrogen and oxygen atoms in total. The molecule has 1 N–H and O–H groups in total. The van der Waals surface area contributed by atoms with E-state index in [2.05, 4.69) is 20.0 Å². The molecule has 0 atom stereocenters. The van der Waals surface area contributed by atoms with Gasteiger partial charge in [-0.2, -0.15) is 0 Å². The maximum atomic E-state index is 12.3. The van der Waals surface area contributed by atoms with E-state index >= 15 is 0 Å². The molecule has 0 aliphatic heterocycles.